The van der Waals surface area contributed by atoms with Gasteiger partial charge in [0.2, 0.25) is 0 Å². The minimum atomic E-state index is -0.737. The van der Waals surface area contributed by atoms with Crippen molar-refractivity contribution in [1.82, 2.24) is 4.90 Å². The molecule has 2 aromatic rings. The Bertz CT molecular complexity index is 1050. The van der Waals surface area contributed by atoms with Crippen LogP contribution >= 0.6 is 11.6 Å². The fourth-order valence-corrected chi connectivity index (χ4v) is 4.07. The van der Waals surface area contributed by atoms with Gasteiger partial charge in [0.1, 0.15) is 5.76 Å². The lowest BCUT2D eigenvalue weighted by Gasteiger charge is -2.25. The van der Waals surface area contributed by atoms with Crippen LogP contribution in [0.1, 0.15) is 23.6 Å². The maximum absolute atomic E-state index is 13.1. The number of amides is 1. The number of nitrogens with zero attached hydrogens (tertiary/aromatic N) is 1. The Morgan fingerprint density at radius 1 is 1.09 bits per heavy atom. The smallest absolute Gasteiger partial charge is 0.295 e. The van der Waals surface area contributed by atoms with E-state index in [2.05, 4.69) is 0 Å². The van der Waals surface area contributed by atoms with Crippen LogP contribution in [0.5, 0.6) is 11.5 Å². The summed E-state index contributed by atoms with van der Waals surface area (Å²) in [5, 5.41) is 11.7. The highest BCUT2D eigenvalue weighted by atomic mass is 35.5. The largest absolute Gasteiger partial charge is 0.507 e. The maximum Gasteiger partial charge on any atom is 0.295 e. The van der Waals surface area contributed by atoms with Crippen LogP contribution < -0.4 is 14.4 Å². The highest BCUT2D eigenvalue weighted by Gasteiger charge is 2.46. The van der Waals surface area contributed by atoms with E-state index in [1.807, 2.05) is 14.1 Å². The van der Waals surface area contributed by atoms with Crippen molar-refractivity contribution >= 4 is 29.1 Å². The number of aliphatic hydroxyl groups is 1. The van der Waals surface area contributed by atoms with Gasteiger partial charge in [0.15, 0.2) is 11.5 Å². The number of quaternary nitrogens is 1. The standard InChI is InChI=1S/C24H27ClN2O5/c1-26(2)11-6-12-27-21(15-7-5-8-17(25)13-15)20(23(29)24(27)30)22(28)16-9-10-18(31-3)19(14-16)32-4/h5,7-10,13-14,21,28H,6,11-12H2,1-4H3/p+1/b22-20-/t21-/m1/s1. The van der Waals surface area contributed by atoms with Crippen LogP contribution in [0, 0.1) is 0 Å². The number of carbonyl (C=O) groups is 2. The number of nitrogens with one attached hydrogen (secondary N) is 1. The average Bonchev–Trinajstić information content (AvgIpc) is 3.02. The van der Waals surface area contributed by atoms with Crippen molar-refractivity contribution < 1.29 is 29.1 Å². The van der Waals surface area contributed by atoms with Gasteiger partial charge >= 0.3 is 0 Å². The molecular weight excluding hydrogens is 432 g/mol. The van der Waals surface area contributed by atoms with Crippen molar-refractivity contribution in [3.05, 3.63) is 64.2 Å². The van der Waals surface area contributed by atoms with E-state index in [-0.39, 0.29) is 11.3 Å². The molecule has 0 bridgehead atoms. The van der Waals surface area contributed by atoms with Crippen molar-refractivity contribution in [2.75, 3.05) is 41.4 Å². The zero-order valence-corrected chi connectivity index (χ0v) is 19.4. The summed E-state index contributed by atoms with van der Waals surface area (Å²) in [5.41, 5.74) is 1.04. The molecule has 8 heteroatoms. The predicted molar refractivity (Wildman–Crippen MR) is 122 cm³/mol. The first-order valence-corrected chi connectivity index (χ1v) is 10.7. The molecule has 7 nitrogen and oxygen atoms in total. The molecule has 1 heterocycles. The third-order valence-corrected chi connectivity index (χ3v) is 5.67. The van der Waals surface area contributed by atoms with Gasteiger partial charge in [-0.3, -0.25) is 9.59 Å². The first-order valence-electron chi connectivity index (χ1n) is 10.3. The number of aliphatic hydroxyl groups excluding tert-OH is 1. The van der Waals surface area contributed by atoms with Gasteiger partial charge in [0.25, 0.3) is 11.7 Å². The number of hydrogen-bond donors (Lipinski definition) is 2. The van der Waals surface area contributed by atoms with Gasteiger partial charge in [-0.1, -0.05) is 23.7 Å². The lowest BCUT2D eigenvalue weighted by Crippen LogP contribution is -3.05. The molecule has 0 aliphatic carbocycles. The quantitative estimate of drug-likeness (QED) is 0.360. The van der Waals surface area contributed by atoms with Crippen LogP contribution in [-0.2, 0) is 9.59 Å². The number of carbonyl (C=O) groups excluding carboxylic acids is 2. The molecule has 2 aromatic carbocycles. The van der Waals surface area contributed by atoms with E-state index in [9.17, 15) is 14.7 Å². The van der Waals surface area contributed by atoms with E-state index in [4.69, 9.17) is 21.1 Å². The molecule has 3 rings (SSSR count). The van der Waals surface area contributed by atoms with E-state index in [1.54, 1.807) is 42.5 Å². The van der Waals surface area contributed by atoms with E-state index in [1.165, 1.54) is 24.0 Å². The summed E-state index contributed by atoms with van der Waals surface area (Å²) < 4.78 is 10.6. The molecule has 1 amide bonds. The van der Waals surface area contributed by atoms with Crippen LogP contribution in [0.2, 0.25) is 5.02 Å². The van der Waals surface area contributed by atoms with E-state index < -0.39 is 17.7 Å². The molecular formula is C24H28ClN2O5+. The number of ketones is 1. The minimum absolute atomic E-state index is 0.0293. The molecule has 1 aliphatic rings. The number of likely N-dealkylation sites (tertiary alicyclic amines) is 1. The topological polar surface area (TPSA) is 80.5 Å². The van der Waals surface area contributed by atoms with Gasteiger partial charge in [-0.05, 0) is 35.9 Å². The normalized spacial score (nSPS) is 17.8. The fraction of sp³-hybridized carbons (Fsp3) is 0.333. The van der Waals surface area contributed by atoms with E-state index >= 15 is 0 Å². The fourth-order valence-electron chi connectivity index (χ4n) is 3.88. The number of benzene rings is 2. The van der Waals surface area contributed by atoms with Crippen LogP contribution in [0.25, 0.3) is 5.76 Å². The zero-order chi connectivity index (χ0) is 23.4. The van der Waals surface area contributed by atoms with Crippen molar-refractivity contribution in [2.24, 2.45) is 0 Å². The summed E-state index contributed by atoms with van der Waals surface area (Å²) in [6.07, 6.45) is 0.711. The highest BCUT2D eigenvalue weighted by molar-refractivity contribution is 6.46. The molecule has 1 saturated heterocycles. The lowest BCUT2D eigenvalue weighted by atomic mass is 9.95. The SMILES string of the molecule is COc1ccc(/C(O)=C2/C(=O)C(=O)N(CCC[NH+](C)C)[C@@H]2c2cccc(Cl)c2)cc1OC. The Hall–Kier alpha value is -3.03. The monoisotopic (exact) mass is 459 g/mol. The average molecular weight is 460 g/mol. The first-order chi connectivity index (χ1) is 15.3. The number of hydrogen-bond acceptors (Lipinski definition) is 5. The van der Waals surface area contributed by atoms with Crippen LogP contribution in [-0.4, -0.2) is 63.1 Å². The van der Waals surface area contributed by atoms with Gasteiger partial charge in [0.05, 0.1) is 46.5 Å². The molecule has 32 heavy (non-hydrogen) atoms. The van der Waals surface area contributed by atoms with Crippen LogP contribution in [0.3, 0.4) is 0 Å². The Morgan fingerprint density at radius 2 is 1.81 bits per heavy atom. The van der Waals surface area contributed by atoms with Crippen molar-refractivity contribution in [3.63, 3.8) is 0 Å². The lowest BCUT2D eigenvalue weighted by molar-refractivity contribution is -0.858. The van der Waals surface area contributed by atoms with E-state index in [0.29, 0.717) is 40.6 Å². The number of rotatable bonds is 8. The Labute approximate surface area is 192 Å². The molecule has 1 atom stereocenters. The zero-order valence-electron chi connectivity index (χ0n) is 18.6. The van der Waals surface area contributed by atoms with Crippen LogP contribution in [0.15, 0.2) is 48.0 Å². The third-order valence-electron chi connectivity index (χ3n) is 5.44. The third kappa shape index (κ3) is 4.74. The summed E-state index contributed by atoms with van der Waals surface area (Å²) >= 11 is 6.21. The Morgan fingerprint density at radius 3 is 2.44 bits per heavy atom. The summed E-state index contributed by atoms with van der Waals surface area (Å²) in [4.78, 5) is 28.8. The Balaban J connectivity index is 2.12. The van der Waals surface area contributed by atoms with Crippen molar-refractivity contribution in [1.29, 1.82) is 0 Å². The molecule has 0 saturated carbocycles. The second-order valence-corrected chi connectivity index (χ2v) is 8.36. The van der Waals surface area contributed by atoms with Gasteiger partial charge in [-0.2, -0.15) is 0 Å². The van der Waals surface area contributed by atoms with Crippen LogP contribution in [0.4, 0.5) is 0 Å². The van der Waals surface area contributed by atoms with Crippen molar-refractivity contribution in [3.8, 4) is 11.5 Å². The number of methoxy groups -OCH3 is 2. The predicted octanol–water partition coefficient (Wildman–Crippen LogP) is 2.31. The molecule has 1 fully saturated rings. The molecule has 1 aliphatic heterocycles. The maximum atomic E-state index is 13.1. The second-order valence-electron chi connectivity index (χ2n) is 7.93. The van der Waals surface area contributed by atoms with E-state index in [0.717, 1.165) is 6.54 Å². The number of Topliss-reactive ketones (excluding diaryl/α,β-unsaturated/α-hetero) is 1. The van der Waals surface area contributed by atoms with Crippen molar-refractivity contribution in [2.45, 2.75) is 12.5 Å². The van der Waals surface area contributed by atoms with Gasteiger partial charge in [-0.15, -0.1) is 0 Å². The van der Waals surface area contributed by atoms with Gasteiger partial charge in [0, 0.05) is 23.6 Å². The molecule has 0 spiro atoms. The second kappa shape index (κ2) is 10.1. The minimum Gasteiger partial charge on any atom is -0.507 e. The Kier molecular flexibility index (Phi) is 7.43. The summed E-state index contributed by atoms with van der Waals surface area (Å²) in [6.45, 7) is 1.22. The number of ether oxygens (including phenoxy) is 2. The molecule has 0 aromatic heterocycles. The number of halogens is 1. The highest BCUT2D eigenvalue weighted by Crippen LogP contribution is 2.41. The molecule has 170 valence electrons. The summed E-state index contributed by atoms with van der Waals surface area (Å²) in [6, 6.07) is 11.1. The van der Waals surface area contributed by atoms with Gasteiger partial charge in [-0.25, -0.2) is 0 Å². The first kappa shape index (κ1) is 23.6. The summed E-state index contributed by atoms with van der Waals surface area (Å²) in [7, 11) is 7.05. The summed E-state index contributed by atoms with van der Waals surface area (Å²) in [5.74, 6) is -0.735. The molecule has 0 radical (unpaired) electrons. The molecule has 0 unspecified atom stereocenters. The molecule has 2 N–H and O–H groups in total. The van der Waals surface area contributed by atoms with Gasteiger partial charge < -0.3 is 24.4 Å².